The van der Waals surface area contributed by atoms with Crippen molar-refractivity contribution in [2.45, 2.75) is 63.8 Å². The minimum atomic E-state index is -3.28. The standard InChI is InChI=1S/C24H38BrN3O3S/c1-31-23-8-9-24(25)21(17-23)16-20-11-15-27(18-20)14-10-19-4-6-22(7-5-19)26-32(29,30)28-12-2-3-13-28/h8-9,17,19-20,22,26H,2-7,10-16,18H2,1H3/t19-,20?,22-. The molecule has 1 saturated carbocycles. The average molecular weight is 529 g/mol. The van der Waals surface area contributed by atoms with Gasteiger partial charge in [0, 0.05) is 30.1 Å². The molecule has 1 N–H and O–H groups in total. The Morgan fingerprint density at radius 2 is 1.81 bits per heavy atom. The first-order chi connectivity index (χ1) is 15.4. The van der Waals surface area contributed by atoms with Crippen LogP contribution in [-0.2, 0) is 16.6 Å². The third-order valence-electron chi connectivity index (χ3n) is 7.55. The number of methoxy groups -OCH3 is 1. The molecule has 0 aromatic heterocycles. The minimum Gasteiger partial charge on any atom is -0.497 e. The van der Waals surface area contributed by atoms with Gasteiger partial charge >= 0.3 is 0 Å². The lowest BCUT2D eigenvalue weighted by Gasteiger charge is -2.31. The van der Waals surface area contributed by atoms with E-state index in [4.69, 9.17) is 4.74 Å². The van der Waals surface area contributed by atoms with Crippen LogP contribution in [0.5, 0.6) is 5.75 Å². The van der Waals surface area contributed by atoms with Crippen LogP contribution < -0.4 is 9.46 Å². The van der Waals surface area contributed by atoms with Gasteiger partial charge in [0.25, 0.3) is 10.2 Å². The molecule has 0 spiro atoms. The number of likely N-dealkylation sites (tertiary alicyclic amines) is 1. The van der Waals surface area contributed by atoms with Gasteiger partial charge in [-0.25, -0.2) is 0 Å². The normalized spacial score (nSPS) is 27.8. The van der Waals surface area contributed by atoms with E-state index in [2.05, 4.69) is 37.7 Å². The predicted molar refractivity (Wildman–Crippen MR) is 132 cm³/mol. The Balaban J connectivity index is 1.16. The van der Waals surface area contributed by atoms with Gasteiger partial charge in [-0.15, -0.1) is 0 Å². The third kappa shape index (κ3) is 6.47. The summed E-state index contributed by atoms with van der Waals surface area (Å²) in [5.41, 5.74) is 1.34. The Hall–Kier alpha value is -0.670. The summed E-state index contributed by atoms with van der Waals surface area (Å²) in [6.45, 7) is 4.89. The Morgan fingerprint density at radius 3 is 2.53 bits per heavy atom. The van der Waals surface area contributed by atoms with E-state index in [0.29, 0.717) is 19.0 Å². The molecule has 32 heavy (non-hydrogen) atoms. The number of rotatable bonds is 9. The number of halogens is 1. The topological polar surface area (TPSA) is 61.9 Å². The molecule has 0 amide bonds. The molecule has 0 radical (unpaired) electrons. The summed E-state index contributed by atoms with van der Waals surface area (Å²) in [5, 5.41) is 0. The van der Waals surface area contributed by atoms with Crippen LogP contribution in [0.3, 0.4) is 0 Å². The van der Waals surface area contributed by atoms with Gasteiger partial charge in [-0.05, 0) is 106 Å². The average Bonchev–Trinajstić information content (AvgIpc) is 3.47. The van der Waals surface area contributed by atoms with Crippen molar-refractivity contribution in [2.24, 2.45) is 11.8 Å². The van der Waals surface area contributed by atoms with E-state index >= 15 is 0 Å². The predicted octanol–water partition coefficient (Wildman–Crippen LogP) is 4.20. The monoisotopic (exact) mass is 527 g/mol. The summed E-state index contributed by atoms with van der Waals surface area (Å²) in [6, 6.07) is 6.36. The molecule has 2 aliphatic heterocycles. The van der Waals surface area contributed by atoms with Crippen molar-refractivity contribution in [1.29, 1.82) is 0 Å². The second-order valence-corrected chi connectivity index (χ2v) is 12.4. The smallest absolute Gasteiger partial charge is 0.279 e. The van der Waals surface area contributed by atoms with Gasteiger partial charge in [0.2, 0.25) is 0 Å². The number of nitrogens with one attached hydrogen (secondary N) is 1. The van der Waals surface area contributed by atoms with Crippen molar-refractivity contribution in [2.75, 3.05) is 39.8 Å². The SMILES string of the molecule is COc1ccc(Br)c(CC2CCN(CC[C@H]3CC[C@H](NS(=O)(=O)N4CCCC4)CC3)C2)c1. The molecule has 0 bridgehead atoms. The Bertz CT molecular complexity index is 852. The zero-order chi connectivity index (χ0) is 22.6. The second-order valence-electron chi connectivity index (χ2n) is 9.85. The molecule has 1 atom stereocenters. The zero-order valence-corrected chi connectivity index (χ0v) is 21.7. The van der Waals surface area contributed by atoms with Crippen LogP contribution in [-0.4, -0.2) is 63.5 Å². The molecular weight excluding hydrogens is 490 g/mol. The fourth-order valence-corrected chi connectivity index (χ4v) is 7.53. The van der Waals surface area contributed by atoms with E-state index < -0.39 is 10.2 Å². The van der Waals surface area contributed by atoms with E-state index in [1.165, 1.54) is 42.5 Å². The largest absolute Gasteiger partial charge is 0.497 e. The molecule has 1 aliphatic carbocycles. The van der Waals surface area contributed by atoms with Crippen LogP contribution in [0.25, 0.3) is 0 Å². The van der Waals surface area contributed by atoms with Crippen LogP contribution in [0, 0.1) is 11.8 Å². The van der Waals surface area contributed by atoms with Gasteiger partial charge in [-0.1, -0.05) is 15.9 Å². The first kappa shape index (κ1) is 24.5. The van der Waals surface area contributed by atoms with Crippen LogP contribution in [0.2, 0.25) is 0 Å². The van der Waals surface area contributed by atoms with Crippen LogP contribution in [0.15, 0.2) is 22.7 Å². The highest BCUT2D eigenvalue weighted by Gasteiger charge is 2.30. The lowest BCUT2D eigenvalue weighted by molar-refractivity contribution is 0.244. The molecule has 2 saturated heterocycles. The van der Waals surface area contributed by atoms with Crippen molar-refractivity contribution in [3.05, 3.63) is 28.2 Å². The summed E-state index contributed by atoms with van der Waals surface area (Å²) in [7, 11) is -1.56. The fourth-order valence-electron chi connectivity index (χ4n) is 5.58. The molecule has 2 heterocycles. The van der Waals surface area contributed by atoms with Gasteiger partial charge in [0.15, 0.2) is 0 Å². The van der Waals surface area contributed by atoms with E-state index in [0.717, 1.165) is 56.6 Å². The van der Waals surface area contributed by atoms with E-state index in [1.54, 1.807) is 11.4 Å². The van der Waals surface area contributed by atoms with Gasteiger partial charge in [0.1, 0.15) is 5.75 Å². The molecule has 4 rings (SSSR count). The molecule has 1 aromatic rings. The molecule has 1 unspecified atom stereocenters. The third-order valence-corrected chi connectivity index (χ3v) is 10.0. The maximum absolute atomic E-state index is 12.5. The molecule has 6 nitrogen and oxygen atoms in total. The van der Waals surface area contributed by atoms with Gasteiger partial charge in [-0.2, -0.15) is 17.4 Å². The maximum atomic E-state index is 12.5. The molecule has 8 heteroatoms. The maximum Gasteiger partial charge on any atom is 0.279 e. The first-order valence-electron chi connectivity index (χ1n) is 12.2. The molecule has 3 aliphatic rings. The molecular formula is C24H38BrN3O3S. The van der Waals surface area contributed by atoms with Crippen molar-refractivity contribution in [1.82, 2.24) is 13.9 Å². The number of hydrogen-bond acceptors (Lipinski definition) is 4. The highest BCUT2D eigenvalue weighted by Crippen LogP contribution is 2.31. The Morgan fingerprint density at radius 1 is 1.06 bits per heavy atom. The molecule has 180 valence electrons. The zero-order valence-electron chi connectivity index (χ0n) is 19.3. The summed E-state index contributed by atoms with van der Waals surface area (Å²) >= 11 is 3.69. The Labute approximate surface area is 202 Å². The Kier molecular flexibility index (Phi) is 8.54. The van der Waals surface area contributed by atoms with Gasteiger partial charge in [0.05, 0.1) is 7.11 Å². The minimum absolute atomic E-state index is 0.120. The molecule has 3 fully saturated rings. The van der Waals surface area contributed by atoms with E-state index in [9.17, 15) is 8.42 Å². The van der Waals surface area contributed by atoms with Gasteiger partial charge < -0.3 is 9.64 Å². The van der Waals surface area contributed by atoms with Crippen LogP contribution in [0.4, 0.5) is 0 Å². The van der Waals surface area contributed by atoms with E-state index in [-0.39, 0.29) is 6.04 Å². The lowest BCUT2D eigenvalue weighted by atomic mass is 9.84. The van der Waals surface area contributed by atoms with Crippen LogP contribution >= 0.6 is 15.9 Å². The van der Waals surface area contributed by atoms with E-state index in [1.807, 2.05) is 6.07 Å². The second kappa shape index (κ2) is 11.2. The van der Waals surface area contributed by atoms with Crippen molar-refractivity contribution in [3.63, 3.8) is 0 Å². The summed E-state index contributed by atoms with van der Waals surface area (Å²) < 4.78 is 36.2. The number of nitrogens with zero attached hydrogens (tertiary/aromatic N) is 2. The summed E-state index contributed by atoms with van der Waals surface area (Å²) in [6.07, 6.45) is 9.80. The summed E-state index contributed by atoms with van der Waals surface area (Å²) in [4.78, 5) is 2.63. The number of benzene rings is 1. The molecule has 1 aromatic carbocycles. The number of ether oxygens (including phenoxy) is 1. The number of hydrogen-bond donors (Lipinski definition) is 1. The lowest BCUT2D eigenvalue weighted by Crippen LogP contribution is -2.45. The van der Waals surface area contributed by atoms with Crippen molar-refractivity contribution < 1.29 is 13.2 Å². The van der Waals surface area contributed by atoms with Crippen molar-refractivity contribution >= 4 is 26.1 Å². The fraction of sp³-hybridized carbons (Fsp3) is 0.750. The van der Waals surface area contributed by atoms with Crippen LogP contribution in [0.1, 0.15) is 56.9 Å². The highest BCUT2D eigenvalue weighted by atomic mass is 79.9. The summed E-state index contributed by atoms with van der Waals surface area (Å²) in [5.74, 6) is 2.36. The first-order valence-corrected chi connectivity index (χ1v) is 14.5. The quantitative estimate of drug-likeness (QED) is 0.522. The van der Waals surface area contributed by atoms with Crippen molar-refractivity contribution in [3.8, 4) is 5.75 Å². The highest BCUT2D eigenvalue weighted by molar-refractivity contribution is 9.10. The van der Waals surface area contributed by atoms with Gasteiger partial charge in [-0.3, -0.25) is 0 Å².